The van der Waals surface area contributed by atoms with E-state index >= 15 is 0 Å². The molecule has 0 bridgehead atoms. The van der Waals surface area contributed by atoms with E-state index in [-0.39, 0.29) is 5.97 Å². The van der Waals surface area contributed by atoms with Crippen molar-refractivity contribution in [2.24, 2.45) is 0 Å². The molecule has 2 aromatic carbocycles. The average Bonchev–Trinajstić information content (AvgIpc) is 2.55. The Morgan fingerprint density at radius 1 is 1.18 bits per heavy atom. The molecule has 2 aromatic rings. The number of carbonyl (C=O) groups is 1. The van der Waals surface area contributed by atoms with Gasteiger partial charge in [0.15, 0.2) is 0 Å². The Balaban J connectivity index is 2.02. The predicted octanol–water partition coefficient (Wildman–Crippen LogP) is 3.72. The zero-order valence-electron chi connectivity index (χ0n) is 13.2. The molecule has 2 rings (SSSR count). The van der Waals surface area contributed by atoms with Crippen LogP contribution in [0.3, 0.4) is 0 Å². The highest BCUT2D eigenvalue weighted by Gasteiger charge is 2.09. The second-order valence-corrected chi connectivity index (χ2v) is 5.63. The summed E-state index contributed by atoms with van der Waals surface area (Å²) in [5.74, 6) is 0.227. The summed E-state index contributed by atoms with van der Waals surface area (Å²) in [6.45, 7) is 2.21. The molecule has 0 aliphatic heterocycles. The highest BCUT2D eigenvalue weighted by molar-refractivity contribution is 5.69. The van der Waals surface area contributed by atoms with Gasteiger partial charge < -0.3 is 10.5 Å². The van der Waals surface area contributed by atoms with E-state index < -0.39 is 0 Å². The van der Waals surface area contributed by atoms with Crippen molar-refractivity contribution < 1.29 is 9.53 Å². The minimum absolute atomic E-state index is 0.194. The van der Waals surface area contributed by atoms with Crippen molar-refractivity contribution in [3.05, 3.63) is 65.2 Å². The van der Waals surface area contributed by atoms with Crippen LogP contribution in [0, 0.1) is 0 Å². The molecule has 0 saturated carbocycles. The molecule has 2 N–H and O–H groups in total. The van der Waals surface area contributed by atoms with Gasteiger partial charge in [-0.2, -0.15) is 0 Å². The normalized spacial score (nSPS) is 11.9. The third-order valence-corrected chi connectivity index (χ3v) is 3.95. The lowest BCUT2D eigenvalue weighted by atomic mass is 9.92. The fourth-order valence-electron chi connectivity index (χ4n) is 2.56. The number of anilines is 1. The molecule has 0 spiro atoms. The lowest BCUT2D eigenvalue weighted by Gasteiger charge is -2.14. The van der Waals surface area contributed by atoms with E-state index in [9.17, 15) is 4.79 Å². The maximum atomic E-state index is 11.2. The molecular formula is C19H23NO2. The van der Waals surface area contributed by atoms with Crippen molar-refractivity contribution in [3.63, 3.8) is 0 Å². The highest BCUT2D eigenvalue weighted by Crippen LogP contribution is 2.24. The first kappa shape index (κ1) is 16.1. The number of rotatable bonds is 6. The molecule has 3 nitrogen and oxygen atoms in total. The van der Waals surface area contributed by atoms with Gasteiger partial charge in [0, 0.05) is 12.1 Å². The van der Waals surface area contributed by atoms with Gasteiger partial charge in [0.25, 0.3) is 0 Å². The van der Waals surface area contributed by atoms with Crippen LogP contribution < -0.4 is 5.73 Å². The second-order valence-electron chi connectivity index (χ2n) is 5.63. The molecule has 3 heteroatoms. The lowest BCUT2D eigenvalue weighted by molar-refractivity contribution is -0.140. The van der Waals surface area contributed by atoms with Gasteiger partial charge in [0.1, 0.15) is 0 Å². The Labute approximate surface area is 132 Å². The maximum absolute atomic E-state index is 11.2. The van der Waals surface area contributed by atoms with Crippen molar-refractivity contribution in [1.82, 2.24) is 0 Å². The van der Waals surface area contributed by atoms with Crippen LogP contribution in [0.4, 0.5) is 5.69 Å². The Hall–Kier alpha value is -2.29. The van der Waals surface area contributed by atoms with Crippen LogP contribution in [-0.4, -0.2) is 13.1 Å². The Morgan fingerprint density at radius 3 is 2.55 bits per heavy atom. The van der Waals surface area contributed by atoms with Gasteiger partial charge in [-0.1, -0.05) is 49.4 Å². The number of hydrogen-bond donors (Lipinski definition) is 1. The third-order valence-electron chi connectivity index (χ3n) is 3.95. The zero-order valence-corrected chi connectivity index (χ0v) is 13.2. The molecule has 0 unspecified atom stereocenters. The first-order valence-corrected chi connectivity index (χ1v) is 7.59. The van der Waals surface area contributed by atoms with E-state index in [0.717, 1.165) is 23.2 Å². The Kier molecular flexibility index (Phi) is 5.59. The number of esters is 1. The van der Waals surface area contributed by atoms with Crippen LogP contribution in [0.2, 0.25) is 0 Å². The molecule has 116 valence electrons. The fourth-order valence-corrected chi connectivity index (χ4v) is 2.56. The van der Waals surface area contributed by atoms with Crippen LogP contribution >= 0.6 is 0 Å². The molecule has 0 heterocycles. The SMILES string of the molecule is COC(=O)CCc1ccc(C[C@H](C)c2ccccc2)c(N)c1. The summed E-state index contributed by atoms with van der Waals surface area (Å²) in [5.41, 5.74) is 10.5. The van der Waals surface area contributed by atoms with Crippen molar-refractivity contribution in [3.8, 4) is 0 Å². The quantitative estimate of drug-likeness (QED) is 0.653. The summed E-state index contributed by atoms with van der Waals surface area (Å²) in [4.78, 5) is 11.2. The van der Waals surface area contributed by atoms with Crippen LogP contribution in [-0.2, 0) is 22.4 Å². The van der Waals surface area contributed by atoms with Crippen LogP contribution in [0.15, 0.2) is 48.5 Å². The standard InChI is InChI=1S/C19H23NO2/c1-14(16-6-4-3-5-7-16)12-17-10-8-15(13-18(17)20)9-11-19(21)22-2/h3-8,10,13-14H,9,11-12,20H2,1-2H3/t14-/m0/s1. The van der Waals surface area contributed by atoms with Gasteiger partial charge in [0.2, 0.25) is 0 Å². The molecule has 0 fully saturated rings. The summed E-state index contributed by atoms with van der Waals surface area (Å²) in [7, 11) is 1.41. The zero-order chi connectivity index (χ0) is 15.9. The number of nitrogens with two attached hydrogens (primary N) is 1. The molecule has 0 aliphatic rings. The number of benzene rings is 2. The largest absolute Gasteiger partial charge is 0.469 e. The minimum atomic E-state index is -0.194. The molecule has 0 radical (unpaired) electrons. The second kappa shape index (κ2) is 7.64. The first-order chi connectivity index (χ1) is 10.6. The van der Waals surface area contributed by atoms with Crippen LogP contribution in [0.5, 0.6) is 0 Å². The van der Waals surface area contributed by atoms with Gasteiger partial charge >= 0.3 is 5.97 Å². The van der Waals surface area contributed by atoms with Crippen LogP contribution in [0.25, 0.3) is 0 Å². The molecule has 22 heavy (non-hydrogen) atoms. The monoisotopic (exact) mass is 297 g/mol. The Morgan fingerprint density at radius 2 is 1.91 bits per heavy atom. The van der Waals surface area contributed by atoms with Crippen molar-refractivity contribution >= 4 is 11.7 Å². The van der Waals surface area contributed by atoms with E-state index in [2.05, 4.69) is 42.0 Å². The first-order valence-electron chi connectivity index (χ1n) is 7.59. The molecule has 0 aromatic heterocycles. The predicted molar refractivity (Wildman–Crippen MR) is 89.8 cm³/mol. The topological polar surface area (TPSA) is 52.3 Å². The number of methoxy groups -OCH3 is 1. The van der Waals surface area contributed by atoms with Crippen molar-refractivity contribution in [1.29, 1.82) is 0 Å². The molecule has 0 amide bonds. The van der Waals surface area contributed by atoms with E-state index in [1.165, 1.54) is 12.7 Å². The van der Waals surface area contributed by atoms with Gasteiger partial charge in [-0.3, -0.25) is 4.79 Å². The fraction of sp³-hybridized carbons (Fsp3) is 0.316. The highest BCUT2D eigenvalue weighted by atomic mass is 16.5. The van der Waals surface area contributed by atoms with Gasteiger partial charge in [-0.05, 0) is 41.5 Å². The summed E-state index contributed by atoms with van der Waals surface area (Å²) in [6.07, 6.45) is 1.95. The number of hydrogen-bond acceptors (Lipinski definition) is 3. The van der Waals surface area contributed by atoms with Crippen LogP contribution in [0.1, 0.15) is 36.0 Å². The lowest BCUT2D eigenvalue weighted by Crippen LogP contribution is -2.04. The number of ether oxygens (including phenoxy) is 1. The summed E-state index contributed by atoms with van der Waals surface area (Å²) in [6, 6.07) is 16.5. The summed E-state index contributed by atoms with van der Waals surface area (Å²) < 4.78 is 4.66. The smallest absolute Gasteiger partial charge is 0.305 e. The molecular weight excluding hydrogens is 274 g/mol. The van der Waals surface area contributed by atoms with Gasteiger partial charge in [-0.15, -0.1) is 0 Å². The molecule has 0 saturated heterocycles. The third kappa shape index (κ3) is 4.35. The molecule has 0 aliphatic carbocycles. The minimum Gasteiger partial charge on any atom is -0.469 e. The van der Waals surface area contributed by atoms with E-state index in [1.54, 1.807) is 0 Å². The van der Waals surface area contributed by atoms with E-state index in [4.69, 9.17) is 5.73 Å². The summed E-state index contributed by atoms with van der Waals surface area (Å²) in [5, 5.41) is 0. The van der Waals surface area contributed by atoms with E-state index in [1.807, 2.05) is 18.2 Å². The number of nitrogen functional groups attached to an aromatic ring is 1. The van der Waals surface area contributed by atoms with Crippen molar-refractivity contribution in [2.45, 2.75) is 32.1 Å². The van der Waals surface area contributed by atoms with Gasteiger partial charge in [-0.25, -0.2) is 0 Å². The molecule has 1 atom stereocenters. The maximum Gasteiger partial charge on any atom is 0.305 e. The Bertz CT molecular complexity index is 623. The number of carbonyl (C=O) groups excluding carboxylic acids is 1. The van der Waals surface area contributed by atoms with Crippen molar-refractivity contribution in [2.75, 3.05) is 12.8 Å². The van der Waals surface area contributed by atoms with E-state index in [0.29, 0.717) is 18.8 Å². The van der Waals surface area contributed by atoms with Gasteiger partial charge in [0.05, 0.1) is 7.11 Å². The summed E-state index contributed by atoms with van der Waals surface area (Å²) >= 11 is 0. The number of aryl methyl sites for hydroxylation is 1. The average molecular weight is 297 g/mol.